The average Bonchev–Trinajstić information content (AvgIpc) is 2.39. The van der Waals surface area contributed by atoms with Crippen LogP contribution in [0, 0.1) is 0 Å². The minimum Gasteiger partial charge on any atom is -0.384 e. The third kappa shape index (κ3) is 2.68. The predicted molar refractivity (Wildman–Crippen MR) is 71.3 cm³/mol. The van der Waals surface area contributed by atoms with E-state index in [9.17, 15) is 5.11 Å². The molecule has 0 saturated heterocycles. The molecule has 88 valence electrons. The van der Waals surface area contributed by atoms with Gasteiger partial charge in [0.25, 0.3) is 0 Å². The molecule has 2 aromatic rings. The number of aliphatic hydroxyl groups is 1. The molecule has 0 heterocycles. The van der Waals surface area contributed by atoms with Crippen LogP contribution in [0.25, 0.3) is 0 Å². The summed E-state index contributed by atoms with van der Waals surface area (Å²) in [4.78, 5) is 0. The fourth-order valence-corrected chi connectivity index (χ4v) is 2.07. The van der Waals surface area contributed by atoms with Crippen LogP contribution in [0.2, 0.25) is 5.02 Å². The Labute approximate surface area is 107 Å². The van der Waals surface area contributed by atoms with Crippen LogP contribution < -0.4 is 0 Å². The van der Waals surface area contributed by atoms with E-state index in [2.05, 4.69) is 13.0 Å². The number of hydrogen-bond donors (Lipinski definition) is 1. The molecule has 1 unspecified atom stereocenters. The summed E-state index contributed by atoms with van der Waals surface area (Å²) in [5.41, 5.74) is 3.02. The van der Waals surface area contributed by atoms with Gasteiger partial charge in [0.2, 0.25) is 0 Å². The van der Waals surface area contributed by atoms with Crippen molar-refractivity contribution >= 4 is 11.6 Å². The third-order valence-electron chi connectivity index (χ3n) is 2.92. The minimum absolute atomic E-state index is 0.580. The van der Waals surface area contributed by atoms with Crippen LogP contribution >= 0.6 is 11.6 Å². The molecule has 0 bridgehead atoms. The zero-order valence-corrected chi connectivity index (χ0v) is 10.5. The van der Waals surface area contributed by atoms with Crippen molar-refractivity contribution in [3.63, 3.8) is 0 Å². The normalized spacial score (nSPS) is 12.4. The van der Waals surface area contributed by atoms with Gasteiger partial charge in [-0.3, -0.25) is 0 Å². The van der Waals surface area contributed by atoms with Gasteiger partial charge in [0, 0.05) is 5.02 Å². The van der Waals surface area contributed by atoms with E-state index < -0.39 is 6.10 Å². The summed E-state index contributed by atoms with van der Waals surface area (Å²) in [5, 5.41) is 11.0. The quantitative estimate of drug-likeness (QED) is 0.869. The van der Waals surface area contributed by atoms with Crippen LogP contribution in [-0.2, 0) is 6.42 Å². The fourth-order valence-electron chi connectivity index (χ4n) is 1.95. The van der Waals surface area contributed by atoms with Gasteiger partial charge >= 0.3 is 0 Å². The fraction of sp³-hybridized carbons (Fsp3) is 0.200. The van der Waals surface area contributed by atoms with E-state index in [1.165, 1.54) is 5.56 Å². The number of rotatable bonds is 3. The second kappa shape index (κ2) is 5.35. The smallest absolute Gasteiger partial charge is 0.104 e. The molecule has 1 N–H and O–H groups in total. The molecule has 0 amide bonds. The topological polar surface area (TPSA) is 20.2 Å². The maximum absolute atomic E-state index is 10.4. The van der Waals surface area contributed by atoms with Crippen molar-refractivity contribution < 1.29 is 5.11 Å². The van der Waals surface area contributed by atoms with Crippen LogP contribution in [0.5, 0.6) is 0 Å². The highest BCUT2D eigenvalue weighted by molar-refractivity contribution is 6.30. The molecule has 2 heteroatoms. The SMILES string of the molecule is CCc1ccccc1C(O)c1ccc(Cl)cc1. The van der Waals surface area contributed by atoms with E-state index >= 15 is 0 Å². The molecule has 0 radical (unpaired) electrons. The van der Waals surface area contributed by atoms with Crippen molar-refractivity contribution in [2.45, 2.75) is 19.4 Å². The predicted octanol–water partition coefficient (Wildman–Crippen LogP) is 3.98. The van der Waals surface area contributed by atoms with Crippen molar-refractivity contribution in [2.24, 2.45) is 0 Å². The van der Waals surface area contributed by atoms with Crippen LogP contribution in [0.3, 0.4) is 0 Å². The van der Waals surface area contributed by atoms with Gasteiger partial charge in [0.15, 0.2) is 0 Å². The lowest BCUT2D eigenvalue weighted by molar-refractivity contribution is 0.219. The van der Waals surface area contributed by atoms with E-state index in [-0.39, 0.29) is 0 Å². The van der Waals surface area contributed by atoms with Crippen LogP contribution in [0.4, 0.5) is 0 Å². The summed E-state index contributed by atoms with van der Waals surface area (Å²) < 4.78 is 0. The largest absolute Gasteiger partial charge is 0.384 e. The molecule has 17 heavy (non-hydrogen) atoms. The molecule has 1 nitrogen and oxygen atoms in total. The summed E-state index contributed by atoms with van der Waals surface area (Å²) in [5.74, 6) is 0. The van der Waals surface area contributed by atoms with E-state index in [0.717, 1.165) is 17.5 Å². The van der Waals surface area contributed by atoms with Crippen LogP contribution in [0.15, 0.2) is 48.5 Å². The minimum atomic E-state index is -0.580. The third-order valence-corrected chi connectivity index (χ3v) is 3.17. The van der Waals surface area contributed by atoms with Crippen LogP contribution in [0.1, 0.15) is 29.7 Å². The van der Waals surface area contributed by atoms with E-state index in [4.69, 9.17) is 11.6 Å². The number of aliphatic hydroxyl groups excluding tert-OH is 1. The standard InChI is InChI=1S/C15H15ClO/c1-2-11-5-3-4-6-14(11)15(17)12-7-9-13(16)10-8-12/h3-10,15,17H,2H2,1H3. The first-order chi connectivity index (χ1) is 8.22. The van der Waals surface area contributed by atoms with Gasteiger partial charge in [0.05, 0.1) is 0 Å². The van der Waals surface area contributed by atoms with Gasteiger partial charge in [-0.25, -0.2) is 0 Å². The van der Waals surface area contributed by atoms with Crippen molar-refractivity contribution in [3.8, 4) is 0 Å². The highest BCUT2D eigenvalue weighted by Crippen LogP contribution is 2.26. The molecule has 1 atom stereocenters. The molecule has 0 fully saturated rings. The molecule has 0 aliphatic carbocycles. The second-order valence-electron chi connectivity index (χ2n) is 4.01. The Morgan fingerprint density at radius 3 is 2.35 bits per heavy atom. The van der Waals surface area contributed by atoms with E-state index in [0.29, 0.717) is 5.02 Å². The first-order valence-electron chi connectivity index (χ1n) is 5.73. The first kappa shape index (κ1) is 12.2. The average molecular weight is 247 g/mol. The van der Waals surface area contributed by atoms with E-state index in [1.54, 1.807) is 12.1 Å². The first-order valence-corrected chi connectivity index (χ1v) is 6.11. The van der Waals surface area contributed by atoms with Crippen molar-refractivity contribution in [3.05, 3.63) is 70.2 Å². The zero-order valence-electron chi connectivity index (χ0n) is 9.73. The van der Waals surface area contributed by atoms with E-state index in [1.807, 2.05) is 30.3 Å². The zero-order chi connectivity index (χ0) is 12.3. The Hall–Kier alpha value is -1.31. The summed E-state index contributed by atoms with van der Waals surface area (Å²) in [7, 11) is 0. The Balaban J connectivity index is 2.36. The summed E-state index contributed by atoms with van der Waals surface area (Å²) in [6, 6.07) is 15.3. The monoisotopic (exact) mass is 246 g/mol. The Kier molecular flexibility index (Phi) is 3.82. The lowest BCUT2D eigenvalue weighted by Crippen LogP contribution is -2.03. The molecule has 0 aromatic heterocycles. The van der Waals surface area contributed by atoms with Gasteiger partial charge in [-0.1, -0.05) is 54.9 Å². The maximum atomic E-state index is 10.4. The number of halogens is 1. The lowest BCUT2D eigenvalue weighted by Gasteiger charge is -2.15. The van der Waals surface area contributed by atoms with Gasteiger partial charge in [0.1, 0.15) is 6.10 Å². The van der Waals surface area contributed by atoms with Crippen LogP contribution in [-0.4, -0.2) is 5.11 Å². The van der Waals surface area contributed by atoms with Crippen molar-refractivity contribution in [1.82, 2.24) is 0 Å². The number of hydrogen-bond acceptors (Lipinski definition) is 1. The summed E-state index contributed by atoms with van der Waals surface area (Å²) in [6.45, 7) is 2.09. The Morgan fingerprint density at radius 2 is 1.71 bits per heavy atom. The highest BCUT2D eigenvalue weighted by Gasteiger charge is 2.12. The Bertz CT molecular complexity index is 491. The van der Waals surface area contributed by atoms with Crippen molar-refractivity contribution in [2.75, 3.05) is 0 Å². The maximum Gasteiger partial charge on any atom is 0.104 e. The summed E-state index contributed by atoms with van der Waals surface area (Å²) in [6.07, 6.45) is 0.337. The number of aryl methyl sites for hydroxylation is 1. The van der Waals surface area contributed by atoms with Gasteiger partial charge < -0.3 is 5.11 Å². The lowest BCUT2D eigenvalue weighted by atomic mass is 9.96. The van der Waals surface area contributed by atoms with Gasteiger partial charge in [-0.15, -0.1) is 0 Å². The second-order valence-corrected chi connectivity index (χ2v) is 4.44. The molecule has 2 rings (SSSR count). The Morgan fingerprint density at radius 1 is 1.06 bits per heavy atom. The molecule has 0 saturated carbocycles. The molecule has 0 aliphatic heterocycles. The molecular weight excluding hydrogens is 232 g/mol. The number of benzene rings is 2. The van der Waals surface area contributed by atoms with Gasteiger partial charge in [-0.2, -0.15) is 0 Å². The highest BCUT2D eigenvalue weighted by atomic mass is 35.5. The van der Waals surface area contributed by atoms with Gasteiger partial charge in [-0.05, 0) is 35.2 Å². The summed E-state index contributed by atoms with van der Waals surface area (Å²) >= 11 is 5.84. The molecule has 0 spiro atoms. The molecule has 0 aliphatic rings. The molecular formula is C15H15ClO. The molecule has 2 aromatic carbocycles. The van der Waals surface area contributed by atoms with Crippen molar-refractivity contribution in [1.29, 1.82) is 0 Å².